The standard InChI is InChI=1S/C15H15N5O/c1-2-21-15(16)20-19-14-10-8-13(9-11-14)18-17-12-6-4-3-5-7-12/h3-11,16H,2H2,1H3. The van der Waals surface area contributed by atoms with Crippen LogP contribution in [0, 0.1) is 5.41 Å². The van der Waals surface area contributed by atoms with E-state index in [-0.39, 0.29) is 6.02 Å². The third-order valence-electron chi connectivity index (χ3n) is 2.42. The largest absolute Gasteiger partial charge is 0.463 e. The minimum absolute atomic E-state index is 0.203. The highest BCUT2D eigenvalue weighted by Crippen LogP contribution is 2.21. The van der Waals surface area contributed by atoms with E-state index < -0.39 is 0 Å². The van der Waals surface area contributed by atoms with Gasteiger partial charge in [0.15, 0.2) is 0 Å². The van der Waals surface area contributed by atoms with Crippen molar-refractivity contribution in [2.24, 2.45) is 20.5 Å². The van der Waals surface area contributed by atoms with Crippen LogP contribution in [0.4, 0.5) is 17.1 Å². The zero-order valence-corrected chi connectivity index (χ0v) is 11.6. The van der Waals surface area contributed by atoms with E-state index in [1.54, 1.807) is 31.2 Å². The summed E-state index contributed by atoms with van der Waals surface area (Å²) in [5, 5.41) is 23.1. The van der Waals surface area contributed by atoms with E-state index in [4.69, 9.17) is 10.1 Å². The Morgan fingerprint density at radius 2 is 1.38 bits per heavy atom. The Hall–Kier alpha value is -2.89. The number of benzene rings is 2. The normalized spacial score (nSPS) is 11.1. The minimum atomic E-state index is -0.203. The summed E-state index contributed by atoms with van der Waals surface area (Å²) in [6.07, 6.45) is 0. The number of amidine groups is 1. The first-order valence-corrected chi connectivity index (χ1v) is 6.48. The van der Waals surface area contributed by atoms with E-state index in [9.17, 15) is 0 Å². The third-order valence-corrected chi connectivity index (χ3v) is 2.42. The quantitative estimate of drug-likeness (QED) is 0.468. The van der Waals surface area contributed by atoms with Crippen LogP contribution < -0.4 is 0 Å². The lowest BCUT2D eigenvalue weighted by atomic mass is 10.3. The number of rotatable bonds is 4. The first kappa shape index (κ1) is 14.5. The Balaban J connectivity index is 1.99. The van der Waals surface area contributed by atoms with Crippen LogP contribution in [0.1, 0.15) is 6.92 Å². The molecule has 0 aliphatic rings. The molecule has 2 aromatic carbocycles. The molecule has 0 heterocycles. The second-order valence-electron chi connectivity index (χ2n) is 3.99. The Morgan fingerprint density at radius 3 is 1.95 bits per heavy atom. The van der Waals surface area contributed by atoms with Gasteiger partial charge in [0.05, 0.1) is 23.7 Å². The molecule has 0 spiro atoms. The van der Waals surface area contributed by atoms with Crippen molar-refractivity contribution in [3.05, 3.63) is 54.6 Å². The fourth-order valence-electron chi connectivity index (χ4n) is 1.46. The van der Waals surface area contributed by atoms with E-state index in [0.29, 0.717) is 12.3 Å². The molecule has 6 heteroatoms. The molecular weight excluding hydrogens is 266 g/mol. The van der Waals surface area contributed by atoms with Gasteiger partial charge in [-0.3, -0.25) is 0 Å². The summed E-state index contributed by atoms with van der Waals surface area (Å²) in [5.41, 5.74) is 2.14. The molecule has 2 rings (SSSR count). The summed E-state index contributed by atoms with van der Waals surface area (Å²) < 4.78 is 4.86. The molecule has 0 saturated heterocycles. The number of azo groups is 2. The third kappa shape index (κ3) is 4.94. The van der Waals surface area contributed by atoms with Crippen molar-refractivity contribution in [3.8, 4) is 0 Å². The van der Waals surface area contributed by atoms with E-state index in [0.717, 1.165) is 11.4 Å². The number of hydrogen-bond acceptors (Lipinski definition) is 5. The molecule has 0 bridgehead atoms. The molecule has 6 nitrogen and oxygen atoms in total. The molecule has 0 atom stereocenters. The van der Waals surface area contributed by atoms with Crippen molar-refractivity contribution in [2.45, 2.75) is 6.92 Å². The maximum absolute atomic E-state index is 7.33. The summed E-state index contributed by atoms with van der Waals surface area (Å²) in [4.78, 5) is 0. The fourth-order valence-corrected chi connectivity index (χ4v) is 1.46. The molecule has 0 amide bonds. The lowest BCUT2D eigenvalue weighted by Gasteiger charge is -1.97. The van der Waals surface area contributed by atoms with Crippen LogP contribution in [0.15, 0.2) is 75.1 Å². The zero-order valence-electron chi connectivity index (χ0n) is 11.6. The molecule has 2 aromatic rings. The van der Waals surface area contributed by atoms with Crippen LogP contribution in [0.25, 0.3) is 0 Å². The average molecular weight is 281 g/mol. The Kier molecular flexibility index (Phi) is 5.28. The summed E-state index contributed by atoms with van der Waals surface area (Å²) in [7, 11) is 0. The lowest BCUT2D eigenvalue weighted by molar-refractivity contribution is 0.317. The van der Waals surface area contributed by atoms with Gasteiger partial charge in [0, 0.05) is 0 Å². The van der Waals surface area contributed by atoms with E-state index >= 15 is 0 Å². The molecule has 0 aliphatic heterocycles. The van der Waals surface area contributed by atoms with Crippen LogP contribution in [0.2, 0.25) is 0 Å². The van der Waals surface area contributed by atoms with Crippen LogP contribution in [-0.2, 0) is 4.74 Å². The van der Waals surface area contributed by atoms with E-state index in [1.807, 2.05) is 30.3 Å². The van der Waals surface area contributed by atoms with Gasteiger partial charge in [-0.25, -0.2) is 5.41 Å². The monoisotopic (exact) mass is 281 g/mol. The van der Waals surface area contributed by atoms with Crippen molar-refractivity contribution in [2.75, 3.05) is 6.61 Å². The summed E-state index contributed by atoms with van der Waals surface area (Å²) in [5.74, 6) is 0. The van der Waals surface area contributed by atoms with Gasteiger partial charge in [0.1, 0.15) is 0 Å². The molecule has 0 aromatic heterocycles. The molecule has 106 valence electrons. The van der Waals surface area contributed by atoms with Gasteiger partial charge < -0.3 is 4.74 Å². The second-order valence-corrected chi connectivity index (χ2v) is 3.99. The van der Waals surface area contributed by atoms with Gasteiger partial charge in [-0.2, -0.15) is 10.2 Å². The molecule has 21 heavy (non-hydrogen) atoms. The molecule has 0 aliphatic carbocycles. The van der Waals surface area contributed by atoms with Crippen molar-refractivity contribution in [3.63, 3.8) is 0 Å². The Morgan fingerprint density at radius 1 is 0.857 bits per heavy atom. The molecule has 0 saturated carbocycles. The topological polar surface area (TPSA) is 82.5 Å². The van der Waals surface area contributed by atoms with Crippen molar-refractivity contribution in [1.82, 2.24) is 0 Å². The van der Waals surface area contributed by atoms with E-state index in [1.165, 1.54) is 0 Å². The smallest absolute Gasteiger partial charge is 0.327 e. The van der Waals surface area contributed by atoms with Gasteiger partial charge in [0.2, 0.25) is 0 Å². The second kappa shape index (κ2) is 7.64. The summed E-state index contributed by atoms with van der Waals surface area (Å²) in [6.45, 7) is 2.19. The van der Waals surface area contributed by atoms with Gasteiger partial charge in [-0.1, -0.05) is 23.3 Å². The first-order valence-electron chi connectivity index (χ1n) is 6.48. The van der Waals surface area contributed by atoms with Crippen LogP contribution in [0.5, 0.6) is 0 Å². The lowest BCUT2D eigenvalue weighted by Crippen LogP contribution is -1.96. The predicted molar refractivity (Wildman–Crippen MR) is 80.9 cm³/mol. The van der Waals surface area contributed by atoms with E-state index in [2.05, 4.69) is 20.5 Å². The van der Waals surface area contributed by atoms with Crippen LogP contribution in [-0.4, -0.2) is 12.6 Å². The SMILES string of the molecule is CCOC(=N)N=Nc1ccc(N=Nc2ccccc2)cc1. The highest BCUT2D eigenvalue weighted by Gasteiger charge is 1.94. The number of nitrogens with one attached hydrogen (secondary N) is 1. The predicted octanol–water partition coefficient (Wildman–Crippen LogP) is 5.16. The maximum Gasteiger partial charge on any atom is 0.327 e. The van der Waals surface area contributed by atoms with Gasteiger partial charge in [0.25, 0.3) is 0 Å². The number of ether oxygens (including phenoxy) is 1. The first-order chi connectivity index (χ1) is 10.3. The average Bonchev–Trinajstić information content (AvgIpc) is 2.53. The fraction of sp³-hybridized carbons (Fsp3) is 0.133. The van der Waals surface area contributed by atoms with Crippen LogP contribution >= 0.6 is 0 Å². The summed E-state index contributed by atoms with van der Waals surface area (Å²) in [6, 6.07) is 16.4. The van der Waals surface area contributed by atoms with Gasteiger partial charge in [-0.05, 0) is 43.3 Å². The van der Waals surface area contributed by atoms with Gasteiger partial charge in [-0.15, -0.1) is 5.11 Å². The van der Waals surface area contributed by atoms with Crippen molar-refractivity contribution in [1.29, 1.82) is 5.41 Å². The molecule has 0 radical (unpaired) electrons. The maximum atomic E-state index is 7.33. The van der Waals surface area contributed by atoms with Gasteiger partial charge >= 0.3 is 6.02 Å². The highest BCUT2D eigenvalue weighted by molar-refractivity contribution is 5.70. The number of hydrogen-bond donors (Lipinski definition) is 1. The summed E-state index contributed by atoms with van der Waals surface area (Å²) >= 11 is 0. The van der Waals surface area contributed by atoms with Crippen LogP contribution in [0.3, 0.4) is 0 Å². The van der Waals surface area contributed by atoms with Crippen molar-refractivity contribution >= 4 is 23.1 Å². The Bertz CT molecular complexity index is 635. The molecule has 1 N–H and O–H groups in total. The molecular formula is C15H15N5O. The molecule has 0 unspecified atom stereocenters. The zero-order chi connectivity index (χ0) is 14.9. The van der Waals surface area contributed by atoms with Crippen molar-refractivity contribution < 1.29 is 4.74 Å². The minimum Gasteiger partial charge on any atom is -0.463 e. The highest BCUT2D eigenvalue weighted by atomic mass is 16.5. The number of nitrogens with zero attached hydrogens (tertiary/aromatic N) is 4. The Labute approximate surface area is 122 Å². The molecule has 0 fully saturated rings.